The Balaban J connectivity index is 2.02. The van der Waals surface area contributed by atoms with Crippen molar-refractivity contribution in [2.24, 2.45) is 17.8 Å². The molecule has 0 aromatic carbocycles. The molecule has 0 radical (unpaired) electrons. The van der Waals surface area contributed by atoms with Gasteiger partial charge < -0.3 is 5.32 Å². The fourth-order valence-corrected chi connectivity index (χ4v) is 4.66. The molecule has 1 aromatic rings. The molecular weight excluding hydrogens is 294 g/mol. The quantitative estimate of drug-likeness (QED) is 0.872. The maximum absolute atomic E-state index is 3.66. The Morgan fingerprint density at radius 3 is 2.88 bits per heavy atom. The van der Waals surface area contributed by atoms with Gasteiger partial charge in [0.1, 0.15) is 0 Å². The van der Waals surface area contributed by atoms with Crippen LogP contribution < -0.4 is 5.32 Å². The lowest BCUT2D eigenvalue weighted by Crippen LogP contribution is -2.32. The van der Waals surface area contributed by atoms with Gasteiger partial charge in [0, 0.05) is 9.35 Å². The van der Waals surface area contributed by atoms with Crippen molar-refractivity contribution in [1.29, 1.82) is 0 Å². The Morgan fingerprint density at radius 1 is 1.41 bits per heavy atom. The highest BCUT2D eigenvalue weighted by atomic mass is 79.9. The van der Waals surface area contributed by atoms with Crippen LogP contribution in [-0.4, -0.2) is 13.6 Å². The Kier molecular flexibility index (Phi) is 5.07. The van der Waals surface area contributed by atoms with Gasteiger partial charge in [-0.2, -0.15) is 0 Å². The van der Waals surface area contributed by atoms with E-state index in [0.29, 0.717) is 0 Å². The Morgan fingerprint density at radius 2 is 2.24 bits per heavy atom. The molecule has 1 nitrogen and oxygen atoms in total. The second kappa shape index (κ2) is 6.35. The number of nitrogens with one attached hydrogen (secondary N) is 1. The number of thiophene rings is 1. The minimum Gasteiger partial charge on any atom is -0.319 e. The second-order valence-corrected chi connectivity index (χ2v) is 7.25. The highest BCUT2D eigenvalue weighted by Crippen LogP contribution is 2.37. The van der Waals surface area contributed by atoms with Crippen molar-refractivity contribution < 1.29 is 0 Å². The van der Waals surface area contributed by atoms with Gasteiger partial charge in [-0.1, -0.05) is 13.3 Å². The van der Waals surface area contributed by atoms with Crippen molar-refractivity contribution >= 4 is 27.3 Å². The molecule has 3 atom stereocenters. The molecule has 2 rings (SSSR count). The van der Waals surface area contributed by atoms with Crippen molar-refractivity contribution in [3.63, 3.8) is 0 Å². The van der Waals surface area contributed by atoms with Crippen molar-refractivity contribution in [2.75, 3.05) is 13.6 Å². The molecule has 17 heavy (non-hydrogen) atoms. The summed E-state index contributed by atoms with van der Waals surface area (Å²) < 4.78 is 1.31. The highest BCUT2D eigenvalue weighted by molar-refractivity contribution is 9.10. The van der Waals surface area contributed by atoms with Gasteiger partial charge in [-0.3, -0.25) is 0 Å². The van der Waals surface area contributed by atoms with Gasteiger partial charge in [-0.05, 0) is 78.0 Å². The van der Waals surface area contributed by atoms with E-state index in [4.69, 9.17) is 0 Å². The lowest BCUT2D eigenvalue weighted by molar-refractivity contribution is 0.187. The first-order chi connectivity index (χ1) is 8.20. The molecule has 3 unspecified atom stereocenters. The lowest BCUT2D eigenvalue weighted by Gasteiger charge is -2.35. The lowest BCUT2D eigenvalue weighted by atomic mass is 9.73. The normalized spacial score (nSPS) is 29.5. The maximum atomic E-state index is 3.66. The standard InChI is InChI=1S/C14H22BrNS/c1-10-3-4-11(9-16-2)12(7-10)8-14-13(15)5-6-17-14/h5-6,10-12,16H,3-4,7-9H2,1-2H3. The van der Waals surface area contributed by atoms with Crippen LogP contribution in [0, 0.1) is 17.8 Å². The molecule has 0 saturated heterocycles. The van der Waals surface area contributed by atoms with Crippen molar-refractivity contribution in [3.8, 4) is 0 Å². The molecule has 1 N–H and O–H groups in total. The Labute approximate surface area is 117 Å². The molecule has 1 fully saturated rings. The third kappa shape index (κ3) is 3.55. The SMILES string of the molecule is CNCC1CCC(C)CC1Cc1sccc1Br. The van der Waals surface area contributed by atoms with Crippen molar-refractivity contribution in [2.45, 2.75) is 32.6 Å². The molecule has 1 heterocycles. The molecular formula is C14H22BrNS. The van der Waals surface area contributed by atoms with Crippen LogP contribution in [0.5, 0.6) is 0 Å². The van der Waals surface area contributed by atoms with Crippen LogP contribution in [0.4, 0.5) is 0 Å². The van der Waals surface area contributed by atoms with Gasteiger partial charge in [-0.25, -0.2) is 0 Å². The summed E-state index contributed by atoms with van der Waals surface area (Å²) in [5, 5.41) is 5.56. The van der Waals surface area contributed by atoms with Gasteiger partial charge >= 0.3 is 0 Å². The van der Waals surface area contributed by atoms with Gasteiger partial charge in [0.2, 0.25) is 0 Å². The summed E-state index contributed by atoms with van der Waals surface area (Å²) in [4.78, 5) is 1.53. The smallest absolute Gasteiger partial charge is 0.0314 e. The van der Waals surface area contributed by atoms with Gasteiger partial charge in [0.25, 0.3) is 0 Å². The fourth-order valence-electron chi connectivity index (χ4n) is 3.05. The minimum absolute atomic E-state index is 0.862. The molecule has 0 spiro atoms. The molecule has 96 valence electrons. The molecule has 0 amide bonds. The predicted octanol–water partition coefficient (Wildman–Crippen LogP) is 4.32. The monoisotopic (exact) mass is 315 g/mol. The summed E-state index contributed by atoms with van der Waals surface area (Å²) >= 11 is 5.56. The number of hydrogen-bond acceptors (Lipinski definition) is 2. The topological polar surface area (TPSA) is 12.0 Å². The van der Waals surface area contributed by atoms with Crippen molar-refractivity contribution in [3.05, 3.63) is 20.8 Å². The third-order valence-corrected chi connectivity index (χ3v) is 5.96. The van der Waals surface area contributed by atoms with Crippen LogP contribution in [0.1, 0.15) is 31.1 Å². The molecule has 0 aliphatic heterocycles. The van der Waals surface area contributed by atoms with Crippen LogP contribution in [0.2, 0.25) is 0 Å². The van der Waals surface area contributed by atoms with E-state index >= 15 is 0 Å². The van der Waals surface area contributed by atoms with E-state index in [0.717, 1.165) is 17.8 Å². The Bertz CT molecular complexity index is 350. The largest absolute Gasteiger partial charge is 0.319 e. The van der Waals surface area contributed by atoms with Crippen LogP contribution in [-0.2, 0) is 6.42 Å². The second-order valence-electron chi connectivity index (χ2n) is 5.39. The highest BCUT2D eigenvalue weighted by Gasteiger charge is 2.28. The predicted molar refractivity (Wildman–Crippen MR) is 79.6 cm³/mol. The summed E-state index contributed by atoms with van der Waals surface area (Å²) in [7, 11) is 2.08. The number of halogens is 1. The number of rotatable bonds is 4. The third-order valence-electron chi connectivity index (χ3n) is 4.01. The molecule has 1 aliphatic carbocycles. The zero-order valence-electron chi connectivity index (χ0n) is 10.7. The van der Waals surface area contributed by atoms with Crippen LogP contribution in [0.25, 0.3) is 0 Å². The molecule has 1 aliphatic rings. The van der Waals surface area contributed by atoms with E-state index in [-0.39, 0.29) is 0 Å². The average Bonchev–Trinajstić information content (AvgIpc) is 2.69. The first-order valence-electron chi connectivity index (χ1n) is 6.57. The molecule has 0 bridgehead atoms. The summed E-state index contributed by atoms with van der Waals surface area (Å²) in [5.74, 6) is 2.64. The molecule has 1 saturated carbocycles. The van der Waals surface area contributed by atoms with Gasteiger partial charge in [-0.15, -0.1) is 11.3 Å². The van der Waals surface area contributed by atoms with E-state index in [1.807, 2.05) is 11.3 Å². The molecule has 3 heteroatoms. The van der Waals surface area contributed by atoms with E-state index < -0.39 is 0 Å². The van der Waals surface area contributed by atoms with Crippen LogP contribution in [0.15, 0.2) is 15.9 Å². The Hall–Kier alpha value is 0.140. The summed E-state index contributed by atoms with van der Waals surface area (Å²) in [6.07, 6.45) is 5.47. The summed E-state index contributed by atoms with van der Waals surface area (Å²) in [5.41, 5.74) is 0. The minimum atomic E-state index is 0.862. The zero-order chi connectivity index (χ0) is 12.3. The average molecular weight is 316 g/mol. The van der Waals surface area contributed by atoms with Crippen molar-refractivity contribution in [1.82, 2.24) is 5.32 Å². The van der Waals surface area contributed by atoms with Crippen LogP contribution >= 0.6 is 27.3 Å². The zero-order valence-corrected chi connectivity index (χ0v) is 13.1. The van der Waals surface area contributed by atoms with E-state index in [9.17, 15) is 0 Å². The fraction of sp³-hybridized carbons (Fsp3) is 0.714. The van der Waals surface area contributed by atoms with Gasteiger partial charge in [0.05, 0.1) is 0 Å². The number of hydrogen-bond donors (Lipinski definition) is 1. The first kappa shape index (κ1) is 13.6. The van der Waals surface area contributed by atoms with E-state index in [1.165, 1.54) is 41.6 Å². The summed E-state index contributed by atoms with van der Waals surface area (Å²) in [6, 6.07) is 2.18. The first-order valence-corrected chi connectivity index (χ1v) is 8.24. The summed E-state index contributed by atoms with van der Waals surface area (Å²) in [6.45, 7) is 3.59. The van der Waals surface area contributed by atoms with Gasteiger partial charge in [0.15, 0.2) is 0 Å². The van der Waals surface area contributed by atoms with E-state index in [1.54, 1.807) is 0 Å². The molecule has 1 aromatic heterocycles. The van der Waals surface area contributed by atoms with Crippen LogP contribution in [0.3, 0.4) is 0 Å². The maximum Gasteiger partial charge on any atom is 0.0314 e. The van der Waals surface area contributed by atoms with E-state index in [2.05, 4.69) is 46.7 Å².